The van der Waals surface area contributed by atoms with Crippen LogP contribution in [0.2, 0.25) is 0 Å². The van der Waals surface area contributed by atoms with E-state index in [2.05, 4.69) is 4.98 Å². The van der Waals surface area contributed by atoms with E-state index in [1.807, 2.05) is 28.8 Å². The van der Waals surface area contributed by atoms with Crippen LogP contribution in [-0.4, -0.2) is 32.0 Å². The first kappa shape index (κ1) is 20.0. The van der Waals surface area contributed by atoms with Gasteiger partial charge in [0, 0.05) is 35.0 Å². The molecule has 0 saturated heterocycles. The second kappa shape index (κ2) is 7.82. The molecule has 0 aliphatic carbocycles. The maximum absolute atomic E-state index is 12.1. The molecule has 0 N–H and O–H groups in total. The van der Waals surface area contributed by atoms with Crippen molar-refractivity contribution in [1.82, 2.24) is 9.55 Å². The third-order valence-corrected chi connectivity index (χ3v) is 4.87. The lowest BCUT2D eigenvalue weighted by Gasteiger charge is -2.08. The number of hydrogen-bond acceptors (Lipinski definition) is 7. The molecule has 0 spiro atoms. The fourth-order valence-electron chi connectivity index (χ4n) is 3.57. The van der Waals surface area contributed by atoms with E-state index in [1.54, 1.807) is 13.0 Å². The summed E-state index contributed by atoms with van der Waals surface area (Å²) in [4.78, 5) is 37.5. The van der Waals surface area contributed by atoms with Gasteiger partial charge < -0.3 is 9.30 Å². The zero-order chi connectivity index (χ0) is 22.1. The Balaban J connectivity index is 1.89. The van der Waals surface area contributed by atoms with Crippen molar-refractivity contribution in [3.05, 3.63) is 86.2 Å². The van der Waals surface area contributed by atoms with Gasteiger partial charge in [-0.3, -0.25) is 20.2 Å². The van der Waals surface area contributed by atoms with Gasteiger partial charge in [-0.2, -0.15) is 0 Å². The number of non-ortho nitro benzene ring substituents is 2. The third-order valence-electron chi connectivity index (χ3n) is 4.87. The minimum absolute atomic E-state index is 0.146. The van der Waals surface area contributed by atoms with E-state index >= 15 is 0 Å². The number of fused-ring (bicyclic) bond motifs is 3. The van der Waals surface area contributed by atoms with Crippen LogP contribution in [0.15, 0.2) is 54.7 Å². The summed E-state index contributed by atoms with van der Waals surface area (Å²) in [5, 5.41) is 24.1. The molecule has 10 heteroatoms. The molecule has 0 bridgehead atoms. The highest BCUT2D eigenvalue weighted by Gasteiger charge is 2.19. The van der Waals surface area contributed by atoms with Crippen LogP contribution in [0, 0.1) is 20.2 Å². The maximum atomic E-state index is 12.1. The van der Waals surface area contributed by atoms with Crippen LogP contribution in [0.4, 0.5) is 11.4 Å². The lowest BCUT2D eigenvalue weighted by molar-refractivity contribution is -0.394. The van der Waals surface area contributed by atoms with Crippen LogP contribution in [0.3, 0.4) is 0 Å². The van der Waals surface area contributed by atoms with Gasteiger partial charge in [0.15, 0.2) is 0 Å². The number of nitro groups is 2. The first-order valence-corrected chi connectivity index (χ1v) is 9.36. The Morgan fingerprint density at radius 1 is 1.00 bits per heavy atom. The summed E-state index contributed by atoms with van der Waals surface area (Å²) < 4.78 is 6.88. The van der Waals surface area contributed by atoms with Crippen LogP contribution in [-0.2, 0) is 11.3 Å². The first-order chi connectivity index (χ1) is 14.9. The molecule has 156 valence electrons. The summed E-state index contributed by atoms with van der Waals surface area (Å²) in [6, 6.07) is 12.7. The fourth-order valence-corrected chi connectivity index (χ4v) is 3.57. The number of nitrogens with zero attached hydrogens (tertiary/aromatic N) is 4. The monoisotopic (exact) mass is 420 g/mol. The third kappa shape index (κ3) is 3.66. The van der Waals surface area contributed by atoms with Crippen molar-refractivity contribution >= 4 is 39.1 Å². The molecule has 10 nitrogen and oxygen atoms in total. The molecule has 0 atom stereocenters. The van der Waals surface area contributed by atoms with Crippen molar-refractivity contribution in [2.75, 3.05) is 6.61 Å². The Morgan fingerprint density at radius 3 is 2.32 bits per heavy atom. The minimum atomic E-state index is -0.657. The molecule has 2 aromatic heterocycles. The van der Waals surface area contributed by atoms with Gasteiger partial charge in [0.1, 0.15) is 5.69 Å². The van der Waals surface area contributed by atoms with Crippen LogP contribution >= 0.6 is 0 Å². The molecule has 2 heterocycles. The van der Waals surface area contributed by atoms with Crippen LogP contribution in [0.1, 0.15) is 23.0 Å². The lowest BCUT2D eigenvalue weighted by atomic mass is 10.1. The summed E-state index contributed by atoms with van der Waals surface area (Å²) in [5.74, 6) is -0.532. The SMILES string of the molecule is CCOC(=O)c1cc2c3ccccc3n(Cc3cc([N+](=O)[O-])cc([N+](=O)[O-])c3)c2cn1. The van der Waals surface area contributed by atoms with Crippen molar-refractivity contribution in [1.29, 1.82) is 0 Å². The van der Waals surface area contributed by atoms with Gasteiger partial charge in [0.05, 0.1) is 34.2 Å². The Hall–Kier alpha value is -4.34. The average molecular weight is 420 g/mol. The summed E-state index contributed by atoms with van der Waals surface area (Å²) in [6.45, 7) is 2.08. The van der Waals surface area contributed by atoms with Crippen molar-refractivity contribution in [2.45, 2.75) is 13.5 Å². The van der Waals surface area contributed by atoms with Crippen LogP contribution in [0.25, 0.3) is 21.8 Å². The van der Waals surface area contributed by atoms with Crippen molar-refractivity contribution in [2.24, 2.45) is 0 Å². The molecule has 0 saturated carbocycles. The number of rotatable bonds is 6. The number of nitro benzene ring substituents is 2. The molecule has 0 radical (unpaired) electrons. The first-order valence-electron chi connectivity index (χ1n) is 9.36. The topological polar surface area (TPSA) is 130 Å². The van der Waals surface area contributed by atoms with E-state index in [0.29, 0.717) is 11.1 Å². The minimum Gasteiger partial charge on any atom is -0.461 e. The van der Waals surface area contributed by atoms with E-state index in [4.69, 9.17) is 4.74 Å². The molecule has 31 heavy (non-hydrogen) atoms. The van der Waals surface area contributed by atoms with Crippen molar-refractivity contribution < 1.29 is 19.4 Å². The number of pyridine rings is 1. The van der Waals surface area contributed by atoms with Gasteiger partial charge in [-0.1, -0.05) is 18.2 Å². The summed E-state index contributed by atoms with van der Waals surface area (Å²) in [6.07, 6.45) is 1.54. The molecular formula is C21H16N4O6. The zero-order valence-corrected chi connectivity index (χ0v) is 16.3. The van der Waals surface area contributed by atoms with Crippen LogP contribution in [0.5, 0.6) is 0 Å². The second-order valence-electron chi connectivity index (χ2n) is 6.78. The average Bonchev–Trinajstić information content (AvgIpc) is 3.07. The van der Waals surface area contributed by atoms with Gasteiger partial charge in [0.25, 0.3) is 11.4 Å². The molecule has 0 aliphatic heterocycles. The second-order valence-corrected chi connectivity index (χ2v) is 6.78. The molecule has 0 unspecified atom stereocenters. The van der Waals surface area contributed by atoms with E-state index in [9.17, 15) is 25.0 Å². The Bertz CT molecular complexity index is 1330. The van der Waals surface area contributed by atoms with E-state index in [-0.39, 0.29) is 30.2 Å². The number of carbonyl (C=O) groups is 1. The summed E-state index contributed by atoms with van der Waals surface area (Å²) >= 11 is 0. The highest BCUT2D eigenvalue weighted by atomic mass is 16.6. The van der Waals surface area contributed by atoms with Gasteiger partial charge in [-0.25, -0.2) is 9.78 Å². The smallest absolute Gasteiger partial charge is 0.356 e. The van der Waals surface area contributed by atoms with E-state index in [0.717, 1.165) is 22.4 Å². The molecule has 2 aromatic carbocycles. The lowest BCUT2D eigenvalue weighted by Crippen LogP contribution is -2.07. The maximum Gasteiger partial charge on any atom is 0.356 e. The molecule has 4 aromatic rings. The molecule has 0 amide bonds. The van der Waals surface area contributed by atoms with Gasteiger partial charge in [-0.05, 0) is 24.6 Å². The number of esters is 1. The van der Waals surface area contributed by atoms with Gasteiger partial charge in [0.2, 0.25) is 0 Å². The molecular weight excluding hydrogens is 404 g/mol. The normalized spacial score (nSPS) is 11.0. The predicted molar refractivity (Wildman–Crippen MR) is 112 cm³/mol. The number of carbonyl (C=O) groups excluding carboxylic acids is 1. The van der Waals surface area contributed by atoms with E-state index < -0.39 is 15.8 Å². The Labute approximate surface area is 175 Å². The highest BCUT2D eigenvalue weighted by Crippen LogP contribution is 2.31. The molecule has 4 rings (SSSR count). The molecule has 0 aliphatic rings. The van der Waals surface area contributed by atoms with E-state index in [1.165, 1.54) is 18.3 Å². The van der Waals surface area contributed by atoms with Gasteiger partial charge in [-0.15, -0.1) is 0 Å². The Morgan fingerprint density at radius 2 is 1.68 bits per heavy atom. The standard InChI is InChI=1S/C21H16N4O6/c1-2-31-21(26)18-10-17-16-5-3-4-6-19(16)23(20(17)11-22-18)12-13-7-14(24(27)28)9-15(8-13)25(29)30/h3-11H,2,12H2,1H3. The van der Waals surface area contributed by atoms with Crippen LogP contribution < -0.4 is 0 Å². The quantitative estimate of drug-likeness (QED) is 0.259. The van der Waals surface area contributed by atoms with Crippen molar-refractivity contribution in [3.63, 3.8) is 0 Å². The van der Waals surface area contributed by atoms with Crippen molar-refractivity contribution in [3.8, 4) is 0 Å². The zero-order valence-electron chi connectivity index (χ0n) is 16.3. The summed E-state index contributed by atoms with van der Waals surface area (Å²) in [5.41, 5.74) is 1.35. The summed E-state index contributed by atoms with van der Waals surface area (Å²) in [7, 11) is 0. The molecule has 0 fully saturated rings. The Kier molecular flexibility index (Phi) is 5.04. The highest BCUT2D eigenvalue weighted by molar-refractivity contribution is 6.09. The number of ether oxygens (including phenoxy) is 1. The largest absolute Gasteiger partial charge is 0.461 e. The number of benzene rings is 2. The number of para-hydroxylation sites is 1. The predicted octanol–water partition coefficient (Wildman–Crippen LogP) is 4.23. The number of hydrogen-bond donors (Lipinski definition) is 0. The fraction of sp³-hybridized carbons (Fsp3) is 0.143. The number of aromatic nitrogens is 2. The van der Waals surface area contributed by atoms with Gasteiger partial charge >= 0.3 is 5.97 Å².